The summed E-state index contributed by atoms with van der Waals surface area (Å²) in [7, 11) is 1.89. The fourth-order valence-electron chi connectivity index (χ4n) is 1.43. The molecule has 0 aliphatic carbocycles. The molecule has 0 spiro atoms. The van der Waals surface area contributed by atoms with Crippen LogP contribution in [-0.2, 0) is 6.54 Å². The molecule has 0 saturated carbocycles. The number of unbranched alkanes of at least 4 members (excludes halogenated alkanes) is 1. The Morgan fingerprint density at radius 2 is 2.31 bits per heavy atom. The number of halogens is 1. The molecule has 0 aliphatic rings. The monoisotopic (exact) mass is 239 g/mol. The van der Waals surface area contributed by atoms with Crippen molar-refractivity contribution < 1.29 is 4.74 Å². The average Bonchev–Trinajstić information content (AvgIpc) is 2.29. The van der Waals surface area contributed by atoms with Crippen LogP contribution in [0.15, 0.2) is 30.9 Å². The van der Waals surface area contributed by atoms with Gasteiger partial charge in [-0.25, -0.2) is 0 Å². The number of nitrogens with one attached hydrogen (secondary N) is 1. The standard InChI is InChI=1S/C13H18ClNO/c1-3-4-5-9-16-13-8-6-7-12(14)11(13)10-15-2/h3,6-8,15H,1,4-5,9-10H2,2H3. The number of rotatable bonds is 7. The molecular weight excluding hydrogens is 222 g/mol. The van der Waals surface area contributed by atoms with Gasteiger partial charge < -0.3 is 10.1 Å². The van der Waals surface area contributed by atoms with Crippen molar-refractivity contribution in [1.29, 1.82) is 0 Å². The third-order valence-corrected chi connectivity index (χ3v) is 2.59. The molecule has 0 unspecified atom stereocenters. The molecule has 0 amide bonds. The molecule has 0 aromatic heterocycles. The van der Waals surface area contributed by atoms with Gasteiger partial charge in [-0.2, -0.15) is 0 Å². The predicted molar refractivity (Wildman–Crippen MR) is 69.1 cm³/mol. The van der Waals surface area contributed by atoms with E-state index in [0.717, 1.165) is 35.7 Å². The van der Waals surface area contributed by atoms with Gasteiger partial charge in [0.05, 0.1) is 6.61 Å². The summed E-state index contributed by atoms with van der Waals surface area (Å²) in [5.41, 5.74) is 1.02. The van der Waals surface area contributed by atoms with Crippen molar-refractivity contribution in [1.82, 2.24) is 5.32 Å². The Labute approximate surface area is 102 Å². The molecule has 88 valence electrons. The van der Waals surface area contributed by atoms with Gasteiger partial charge >= 0.3 is 0 Å². The summed E-state index contributed by atoms with van der Waals surface area (Å²) in [4.78, 5) is 0. The maximum Gasteiger partial charge on any atom is 0.125 e. The topological polar surface area (TPSA) is 21.3 Å². The van der Waals surface area contributed by atoms with Gasteiger partial charge in [0, 0.05) is 17.1 Å². The molecule has 1 aromatic rings. The zero-order valence-corrected chi connectivity index (χ0v) is 10.4. The highest BCUT2D eigenvalue weighted by Crippen LogP contribution is 2.26. The van der Waals surface area contributed by atoms with Crippen molar-refractivity contribution in [3.05, 3.63) is 41.4 Å². The van der Waals surface area contributed by atoms with Gasteiger partial charge in [-0.15, -0.1) is 6.58 Å². The normalized spacial score (nSPS) is 10.1. The number of hydrogen-bond acceptors (Lipinski definition) is 2. The van der Waals surface area contributed by atoms with E-state index in [1.165, 1.54) is 0 Å². The molecule has 1 N–H and O–H groups in total. The largest absolute Gasteiger partial charge is 0.493 e. The van der Waals surface area contributed by atoms with Gasteiger partial charge in [0.1, 0.15) is 5.75 Å². The predicted octanol–water partition coefficient (Wildman–Crippen LogP) is 3.40. The molecule has 0 fully saturated rings. The third kappa shape index (κ3) is 3.87. The van der Waals surface area contributed by atoms with E-state index in [9.17, 15) is 0 Å². The van der Waals surface area contributed by atoms with Gasteiger partial charge in [0.25, 0.3) is 0 Å². The lowest BCUT2D eigenvalue weighted by Gasteiger charge is -2.12. The second-order valence-electron chi connectivity index (χ2n) is 3.53. The van der Waals surface area contributed by atoms with Crippen LogP contribution in [0.4, 0.5) is 0 Å². The van der Waals surface area contributed by atoms with E-state index in [0.29, 0.717) is 6.61 Å². The molecule has 0 aliphatic heterocycles. The van der Waals surface area contributed by atoms with Crippen LogP contribution in [0.25, 0.3) is 0 Å². The Kier molecular flexibility index (Phi) is 5.98. The first-order valence-corrected chi connectivity index (χ1v) is 5.83. The van der Waals surface area contributed by atoms with Crippen LogP contribution < -0.4 is 10.1 Å². The van der Waals surface area contributed by atoms with E-state index in [2.05, 4.69) is 11.9 Å². The summed E-state index contributed by atoms with van der Waals surface area (Å²) < 4.78 is 5.70. The van der Waals surface area contributed by atoms with Crippen LogP contribution in [0.5, 0.6) is 5.75 Å². The summed E-state index contributed by atoms with van der Waals surface area (Å²) in [6.45, 7) is 5.10. The van der Waals surface area contributed by atoms with Crippen LogP contribution in [0.3, 0.4) is 0 Å². The third-order valence-electron chi connectivity index (χ3n) is 2.24. The lowest BCUT2D eigenvalue weighted by molar-refractivity contribution is 0.308. The SMILES string of the molecule is C=CCCCOc1cccc(Cl)c1CNC. The molecule has 1 aromatic carbocycles. The van der Waals surface area contributed by atoms with Crippen molar-refractivity contribution >= 4 is 11.6 Å². The van der Waals surface area contributed by atoms with E-state index >= 15 is 0 Å². The van der Waals surface area contributed by atoms with Crippen LogP contribution in [0.2, 0.25) is 5.02 Å². The fraction of sp³-hybridized carbons (Fsp3) is 0.385. The molecule has 1 rings (SSSR count). The Hall–Kier alpha value is -0.990. The lowest BCUT2D eigenvalue weighted by atomic mass is 10.2. The van der Waals surface area contributed by atoms with Crippen molar-refractivity contribution in [3.63, 3.8) is 0 Å². The minimum atomic E-state index is 0.697. The maximum absolute atomic E-state index is 6.11. The first kappa shape index (κ1) is 13.1. The van der Waals surface area contributed by atoms with E-state index < -0.39 is 0 Å². The highest BCUT2D eigenvalue weighted by Gasteiger charge is 2.06. The lowest BCUT2D eigenvalue weighted by Crippen LogP contribution is -2.08. The van der Waals surface area contributed by atoms with E-state index in [4.69, 9.17) is 16.3 Å². The summed E-state index contributed by atoms with van der Waals surface area (Å²) in [6.07, 6.45) is 3.85. The summed E-state index contributed by atoms with van der Waals surface area (Å²) in [5.74, 6) is 0.867. The van der Waals surface area contributed by atoms with E-state index in [1.807, 2.05) is 31.3 Å². The van der Waals surface area contributed by atoms with Gasteiger partial charge in [0.15, 0.2) is 0 Å². The first-order chi connectivity index (χ1) is 7.79. The zero-order valence-electron chi connectivity index (χ0n) is 9.63. The van der Waals surface area contributed by atoms with E-state index in [-0.39, 0.29) is 0 Å². The Bertz CT molecular complexity index is 339. The molecule has 0 bridgehead atoms. The fourth-order valence-corrected chi connectivity index (χ4v) is 1.66. The van der Waals surface area contributed by atoms with Crippen LogP contribution >= 0.6 is 11.6 Å². The van der Waals surface area contributed by atoms with Crippen molar-refractivity contribution in [2.75, 3.05) is 13.7 Å². The van der Waals surface area contributed by atoms with Gasteiger partial charge in [-0.3, -0.25) is 0 Å². The first-order valence-electron chi connectivity index (χ1n) is 5.45. The van der Waals surface area contributed by atoms with Gasteiger partial charge in [-0.05, 0) is 32.0 Å². The molecule has 16 heavy (non-hydrogen) atoms. The number of hydrogen-bond donors (Lipinski definition) is 1. The molecule has 2 nitrogen and oxygen atoms in total. The van der Waals surface area contributed by atoms with Crippen molar-refractivity contribution in [3.8, 4) is 5.75 Å². The zero-order chi connectivity index (χ0) is 11.8. The molecular formula is C13H18ClNO. The molecule has 0 saturated heterocycles. The van der Waals surface area contributed by atoms with Gasteiger partial charge in [0.2, 0.25) is 0 Å². The highest BCUT2D eigenvalue weighted by molar-refractivity contribution is 6.31. The number of benzene rings is 1. The minimum absolute atomic E-state index is 0.697. The number of allylic oxidation sites excluding steroid dienone is 1. The Balaban J connectivity index is 2.63. The van der Waals surface area contributed by atoms with Gasteiger partial charge in [-0.1, -0.05) is 23.7 Å². The molecule has 0 radical (unpaired) electrons. The van der Waals surface area contributed by atoms with Crippen LogP contribution in [-0.4, -0.2) is 13.7 Å². The quantitative estimate of drug-likeness (QED) is 0.582. The van der Waals surface area contributed by atoms with Crippen molar-refractivity contribution in [2.45, 2.75) is 19.4 Å². The highest BCUT2D eigenvalue weighted by atomic mass is 35.5. The van der Waals surface area contributed by atoms with E-state index in [1.54, 1.807) is 0 Å². The average molecular weight is 240 g/mol. The van der Waals surface area contributed by atoms with Crippen LogP contribution in [0, 0.1) is 0 Å². The van der Waals surface area contributed by atoms with Crippen LogP contribution in [0.1, 0.15) is 18.4 Å². The summed E-state index contributed by atoms with van der Waals surface area (Å²) >= 11 is 6.11. The molecule has 0 atom stereocenters. The summed E-state index contributed by atoms with van der Waals surface area (Å²) in [6, 6.07) is 5.74. The second-order valence-corrected chi connectivity index (χ2v) is 3.93. The molecule has 3 heteroatoms. The van der Waals surface area contributed by atoms with Crippen molar-refractivity contribution in [2.24, 2.45) is 0 Å². The Morgan fingerprint density at radius 1 is 1.50 bits per heavy atom. The maximum atomic E-state index is 6.11. The number of ether oxygens (including phenoxy) is 1. The molecule has 0 heterocycles. The smallest absolute Gasteiger partial charge is 0.125 e. The second kappa shape index (κ2) is 7.31. The minimum Gasteiger partial charge on any atom is -0.493 e. The summed E-state index contributed by atoms with van der Waals surface area (Å²) in [5, 5.41) is 3.83. The Morgan fingerprint density at radius 3 is 3.00 bits per heavy atom.